The summed E-state index contributed by atoms with van der Waals surface area (Å²) in [6.07, 6.45) is 0.313. The van der Waals surface area contributed by atoms with Gasteiger partial charge in [0, 0.05) is 19.1 Å². The molecule has 6 heteroatoms. The standard InChI is InChI=1S/C12H22N2O4/c1-12(2,3)18-11(17)14-5-4-8(7-14)9(13)6-10(15)16/h8-9H,4-7,13H2,1-3H3,(H,15,16)/t8-,9+/m1/s1. The van der Waals surface area contributed by atoms with E-state index in [0.29, 0.717) is 13.1 Å². The quantitative estimate of drug-likeness (QED) is 0.789. The lowest BCUT2D eigenvalue weighted by Gasteiger charge is -2.25. The Kier molecular flexibility index (Phi) is 4.56. The first-order chi connectivity index (χ1) is 8.19. The molecule has 1 aliphatic heterocycles. The van der Waals surface area contributed by atoms with E-state index in [1.165, 1.54) is 0 Å². The number of nitrogens with zero attached hydrogens (tertiary/aromatic N) is 1. The molecule has 6 nitrogen and oxygen atoms in total. The number of rotatable bonds is 3. The third kappa shape index (κ3) is 4.52. The number of carboxylic acids is 1. The highest BCUT2D eigenvalue weighted by molar-refractivity contribution is 5.69. The molecule has 104 valence electrons. The van der Waals surface area contributed by atoms with Crippen LogP contribution in [0.3, 0.4) is 0 Å². The molecule has 0 aromatic carbocycles. The zero-order valence-electron chi connectivity index (χ0n) is 11.2. The van der Waals surface area contributed by atoms with Crippen molar-refractivity contribution in [2.24, 2.45) is 11.7 Å². The second-order valence-electron chi connectivity index (χ2n) is 5.74. The number of hydrogen-bond donors (Lipinski definition) is 2. The van der Waals surface area contributed by atoms with Gasteiger partial charge in [-0.3, -0.25) is 4.79 Å². The van der Waals surface area contributed by atoms with E-state index in [2.05, 4.69) is 0 Å². The number of amides is 1. The van der Waals surface area contributed by atoms with Gasteiger partial charge in [0.1, 0.15) is 5.60 Å². The highest BCUT2D eigenvalue weighted by Gasteiger charge is 2.33. The average Bonchev–Trinajstić information content (AvgIpc) is 2.61. The van der Waals surface area contributed by atoms with Crippen LogP contribution in [0.25, 0.3) is 0 Å². The first kappa shape index (κ1) is 14.8. The van der Waals surface area contributed by atoms with Gasteiger partial charge in [0.15, 0.2) is 0 Å². The van der Waals surface area contributed by atoms with Crippen LogP contribution in [-0.2, 0) is 9.53 Å². The molecule has 0 radical (unpaired) electrons. The Balaban J connectivity index is 2.46. The van der Waals surface area contributed by atoms with E-state index in [1.807, 2.05) is 20.8 Å². The van der Waals surface area contributed by atoms with E-state index in [-0.39, 0.29) is 18.4 Å². The lowest BCUT2D eigenvalue weighted by molar-refractivity contribution is -0.137. The minimum absolute atomic E-state index is 0.0358. The van der Waals surface area contributed by atoms with Crippen LogP contribution in [0.4, 0.5) is 4.79 Å². The lowest BCUT2D eigenvalue weighted by atomic mass is 9.97. The third-order valence-corrected chi connectivity index (χ3v) is 2.89. The molecule has 1 heterocycles. The molecule has 0 unspecified atom stereocenters. The summed E-state index contributed by atoms with van der Waals surface area (Å²) in [5.74, 6) is -0.869. The largest absolute Gasteiger partial charge is 0.481 e. The molecular formula is C12H22N2O4. The summed E-state index contributed by atoms with van der Waals surface area (Å²) < 4.78 is 5.26. The zero-order chi connectivity index (χ0) is 13.9. The van der Waals surface area contributed by atoms with Gasteiger partial charge in [0.2, 0.25) is 0 Å². The second-order valence-corrected chi connectivity index (χ2v) is 5.74. The Hall–Kier alpha value is -1.30. The topological polar surface area (TPSA) is 92.9 Å². The van der Waals surface area contributed by atoms with Crippen LogP contribution in [0.15, 0.2) is 0 Å². The Morgan fingerprint density at radius 2 is 2.11 bits per heavy atom. The van der Waals surface area contributed by atoms with Crippen molar-refractivity contribution in [3.8, 4) is 0 Å². The van der Waals surface area contributed by atoms with Crippen LogP contribution in [0.2, 0.25) is 0 Å². The average molecular weight is 258 g/mol. The van der Waals surface area contributed by atoms with Crippen molar-refractivity contribution < 1.29 is 19.4 Å². The van der Waals surface area contributed by atoms with Crippen molar-refractivity contribution in [2.45, 2.75) is 45.3 Å². The van der Waals surface area contributed by atoms with Crippen molar-refractivity contribution in [1.82, 2.24) is 4.90 Å². The summed E-state index contributed by atoms with van der Waals surface area (Å²) in [5, 5.41) is 8.69. The normalized spacial score (nSPS) is 21.8. The van der Waals surface area contributed by atoms with E-state index < -0.39 is 17.6 Å². The van der Waals surface area contributed by atoms with Gasteiger partial charge in [0.25, 0.3) is 0 Å². The molecule has 0 aromatic heterocycles. The predicted octanol–water partition coefficient (Wildman–Crippen LogP) is 1.05. The van der Waals surface area contributed by atoms with Crippen LogP contribution in [-0.4, -0.2) is 46.8 Å². The fourth-order valence-corrected chi connectivity index (χ4v) is 2.00. The molecule has 18 heavy (non-hydrogen) atoms. The van der Waals surface area contributed by atoms with Gasteiger partial charge in [-0.2, -0.15) is 0 Å². The number of hydrogen-bond acceptors (Lipinski definition) is 4. The van der Waals surface area contributed by atoms with Crippen LogP contribution in [0, 0.1) is 5.92 Å². The first-order valence-electron chi connectivity index (χ1n) is 6.14. The van der Waals surface area contributed by atoms with Gasteiger partial charge in [0.05, 0.1) is 6.42 Å². The third-order valence-electron chi connectivity index (χ3n) is 2.89. The molecule has 0 aromatic rings. The molecule has 1 saturated heterocycles. The van der Waals surface area contributed by atoms with Gasteiger partial charge in [-0.15, -0.1) is 0 Å². The van der Waals surface area contributed by atoms with Crippen LogP contribution in [0.1, 0.15) is 33.6 Å². The predicted molar refractivity (Wildman–Crippen MR) is 66.1 cm³/mol. The molecule has 1 rings (SSSR count). The van der Waals surface area contributed by atoms with Crippen LogP contribution >= 0.6 is 0 Å². The van der Waals surface area contributed by atoms with Gasteiger partial charge >= 0.3 is 12.1 Å². The van der Waals surface area contributed by atoms with E-state index in [4.69, 9.17) is 15.6 Å². The summed E-state index contributed by atoms with van der Waals surface area (Å²) in [6.45, 7) is 6.49. The fourth-order valence-electron chi connectivity index (χ4n) is 2.00. The van der Waals surface area contributed by atoms with Crippen LogP contribution in [0.5, 0.6) is 0 Å². The maximum Gasteiger partial charge on any atom is 0.410 e. The molecule has 3 N–H and O–H groups in total. The number of carbonyl (C=O) groups is 2. The summed E-state index contributed by atoms with van der Waals surface area (Å²) in [4.78, 5) is 24.0. The molecule has 1 amide bonds. The van der Waals surface area contributed by atoms with E-state index in [0.717, 1.165) is 6.42 Å². The Labute approximate surface area is 107 Å². The van der Waals surface area contributed by atoms with Gasteiger partial charge in [-0.05, 0) is 33.1 Å². The molecule has 2 atom stereocenters. The summed E-state index contributed by atoms with van der Waals surface area (Å²) in [6, 6.07) is -0.407. The smallest absolute Gasteiger partial charge is 0.410 e. The molecule has 0 bridgehead atoms. The van der Waals surface area contributed by atoms with E-state index >= 15 is 0 Å². The highest BCUT2D eigenvalue weighted by Crippen LogP contribution is 2.22. The molecule has 1 fully saturated rings. The monoisotopic (exact) mass is 258 g/mol. The SMILES string of the molecule is CC(C)(C)OC(=O)N1CC[C@@H]([C@@H](N)CC(=O)O)C1. The van der Waals surface area contributed by atoms with Crippen LogP contribution < -0.4 is 5.73 Å². The summed E-state index contributed by atoms with van der Waals surface area (Å²) in [5.41, 5.74) is 5.29. The first-order valence-corrected chi connectivity index (χ1v) is 6.14. The second kappa shape index (κ2) is 5.56. The molecular weight excluding hydrogens is 236 g/mol. The zero-order valence-corrected chi connectivity index (χ0v) is 11.2. The van der Waals surface area contributed by atoms with Gasteiger partial charge in [-0.25, -0.2) is 4.79 Å². The molecule has 0 aliphatic carbocycles. The Bertz CT molecular complexity index is 325. The van der Waals surface area contributed by atoms with E-state index in [1.54, 1.807) is 4.90 Å². The maximum absolute atomic E-state index is 11.8. The number of ether oxygens (including phenoxy) is 1. The van der Waals surface area contributed by atoms with Crippen molar-refractivity contribution in [2.75, 3.05) is 13.1 Å². The van der Waals surface area contributed by atoms with Crippen molar-refractivity contribution >= 4 is 12.1 Å². The lowest BCUT2D eigenvalue weighted by Crippen LogP contribution is -2.38. The number of carboxylic acid groups (broad SMARTS) is 1. The minimum Gasteiger partial charge on any atom is -0.481 e. The van der Waals surface area contributed by atoms with Crippen molar-refractivity contribution in [3.63, 3.8) is 0 Å². The molecule has 0 spiro atoms. The van der Waals surface area contributed by atoms with Crippen molar-refractivity contribution in [3.05, 3.63) is 0 Å². The summed E-state index contributed by atoms with van der Waals surface area (Å²) in [7, 11) is 0. The fraction of sp³-hybridized carbons (Fsp3) is 0.833. The number of carbonyl (C=O) groups excluding carboxylic acids is 1. The van der Waals surface area contributed by atoms with Gasteiger partial charge < -0.3 is 20.5 Å². The van der Waals surface area contributed by atoms with E-state index in [9.17, 15) is 9.59 Å². The number of aliphatic carboxylic acids is 1. The Morgan fingerprint density at radius 3 is 2.61 bits per heavy atom. The van der Waals surface area contributed by atoms with Gasteiger partial charge in [-0.1, -0.05) is 0 Å². The molecule has 1 aliphatic rings. The van der Waals surface area contributed by atoms with Crippen molar-refractivity contribution in [1.29, 1.82) is 0 Å². The maximum atomic E-state index is 11.8. The summed E-state index contributed by atoms with van der Waals surface area (Å²) >= 11 is 0. The molecule has 0 saturated carbocycles. The highest BCUT2D eigenvalue weighted by atomic mass is 16.6. The Morgan fingerprint density at radius 1 is 1.50 bits per heavy atom. The number of nitrogens with two attached hydrogens (primary N) is 1. The number of likely N-dealkylation sites (tertiary alicyclic amines) is 1. The minimum atomic E-state index is -0.904.